The van der Waals surface area contributed by atoms with Gasteiger partial charge in [-0.2, -0.15) is 5.26 Å². The SMILES string of the molecule is CCCCOC(=O)N[C@H]1CCN(C(=O)c2ccc(Cl)c(-c3ccc(C#N)c(F)c3)c2)C1. The summed E-state index contributed by atoms with van der Waals surface area (Å²) in [6.45, 7) is 3.27. The van der Waals surface area contributed by atoms with Crippen LogP contribution < -0.4 is 5.32 Å². The molecule has 2 amide bonds. The number of nitrogens with zero attached hydrogens (tertiary/aromatic N) is 2. The van der Waals surface area contributed by atoms with Crippen molar-refractivity contribution < 1.29 is 18.7 Å². The molecule has 1 heterocycles. The van der Waals surface area contributed by atoms with E-state index in [1.165, 1.54) is 12.1 Å². The summed E-state index contributed by atoms with van der Waals surface area (Å²) in [6, 6.07) is 10.6. The van der Waals surface area contributed by atoms with E-state index in [2.05, 4.69) is 5.32 Å². The van der Waals surface area contributed by atoms with E-state index < -0.39 is 11.9 Å². The zero-order chi connectivity index (χ0) is 22.4. The van der Waals surface area contributed by atoms with Gasteiger partial charge in [0.15, 0.2) is 0 Å². The van der Waals surface area contributed by atoms with E-state index in [0.29, 0.717) is 47.8 Å². The average molecular weight is 444 g/mol. The Bertz CT molecular complexity index is 1020. The molecule has 3 rings (SSSR count). The van der Waals surface area contributed by atoms with Gasteiger partial charge in [-0.3, -0.25) is 4.79 Å². The summed E-state index contributed by atoms with van der Waals surface area (Å²) in [5.41, 5.74) is 1.34. The van der Waals surface area contributed by atoms with Gasteiger partial charge >= 0.3 is 6.09 Å². The molecular formula is C23H23ClFN3O3. The van der Waals surface area contributed by atoms with Crippen molar-refractivity contribution in [2.75, 3.05) is 19.7 Å². The standard InChI is InChI=1S/C23H23ClFN3O3/c1-2-3-10-31-23(30)27-18-8-9-28(14-18)22(29)16-6-7-20(24)19(11-16)15-4-5-17(13-26)21(25)12-15/h4-7,11-12,18H,2-3,8-10,14H2,1H3,(H,27,30)/t18-/m0/s1. The first-order chi connectivity index (χ1) is 14.9. The molecule has 0 aliphatic carbocycles. The van der Waals surface area contributed by atoms with E-state index in [0.717, 1.165) is 12.8 Å². The molecule has 0 unspecified atom stereocenters. The Balaban J connectivity index is 1.69. The number of rotatable bonds is 6. The topological polar surface area (TPSA) is 82.4 Å². The molecule has 2 aromatic rings. The minimum Gasteiger partial charge on any atom is -0.450 e. The van der Waals surface area contributed by atoms with Crippen molar-refractivity contribution in [3.05, 3.63) is 58.4 Å². The fourth-order valence-electron chi connectivity index (χ4n) is 3.42. The molecule has 6 nitrogen and oxygen atoms in total. The van der Waals surface area contributed by atoms with Crippen LogP contribution in [0.15, 0.2) is 36.4 Å². The Labute approximate surface area is 185 Å². The van der Waals surface area contributed by atoms with E-state index in [4.69, 9.17) is 21.6 Å². The van der Waals surface area contributed by atoms with Gasteiger partial charge in [0, 0.05) is 29.2 Å². The molecule has 162 valence electrons. The molecule has 1 N–H and O–H groups in total. The third-order valence-corrected chi connectivity index (χ3v) is 5.47. The number of alkyl carbamates (subject to hydrolysis) is 1. The smallest absolute Gasteiger partial charge is 0.407 e. The van der Waals surface area contributed by atoms with Crippen molar-refractivity contribution in [2.45, 2.75) is 32.2 Å². The lowest BCUT2D eigenvalue weighted by Crippen LogP contribution is -2.38. The molecule has 31 heavy (non-hydrogen) atoms. The van der Waals surface area contributed by atoms with Crippen LogP contribution in [0.4, 0.5) is 9.18 Å². The Kier molecular flexibility index (Phi) is 7.48. The molecule has 8 heteroatoms. The van der Waals surface area contributed by atoms with E-state index in [1.807, 2.05) is 6.92 Å². The van der Waals surface area contributed by atoms with Gasteiger partial charge in [0.2, 0.25) is 0 Å². The zero-order valence-electron chi connectivity index (χ0n) is 17.2. The number of ether oxygens (including phenoxy) is 1. The lowest BCUT2D eigenvalue weighted by molar-refractivity contribution is 0.0787. The predicted octanol–water partition coefficient (Wildman–Crippen LogP) is 4.76. The highest BCUT2D eigenvalue weighted by Crippen LogP contribution is 2.30. The number of carbonyl (C=O) groups is 2. The Hall–Kier alpha value is -3.11. The molecule has 1 atom stereocenters. The van der Waals surface area contributed by atoms with Crippen molar-refractivity contribution >= 4 is 23.6 Å². The summed E-state index contributed by atoms with van der Waals surface area (Å²) in [7, 11) is 0. The van der Waals surface area contributed by atoms with Crippen LogP contribution in [0, 0.1) is 17.1 Å². The lowest BCUT2D eigenvalue weighted by atomic mass is 10.0. The van der Waals surface area contributed by atoms with Crippen molar-refractivity contribution in [2.24, 2.45) is 0 Å². The number of nitrogens with one attached hydrogen (secondary N) is 1. The monoisotopic (exact) mass is 443 g/mol. The number of benzene rings is 2. The van der Waals surface area contributed by atoms with E-state index >= 15 is 0 Å². The van der Waals surface area contributed by atoms with Gasteiger partial charge in [-0.15, -0.1) is 0 Å². The Morgan fingerprint density at radius 2 is 2.13 bits per heavy atom. The molecule has 2 aromatic carbocycles. The normalized spacial score (nSPS) is 15.4. The zero-order valence-corrected chi connectivity index (χ0v) is 17.9. The maximum Gasteiger partial charge on any atom is 0.407 e. The van der Waals surface area contributed by atoms with Crippen molar-refractivity contribution in [1.29, 1.82) is 5.26 Å². The van der Waals surface area contributed by atoms with Crippen LogP contribution >= 0.6 is 11.6 Å². The van der Waals surface area contributed by atoms with Gasteiger partial charge in [0.1, 0.15) is 11.9 Å². The summed E-state index contributed by atoms with van der Waals surface area (Å²) in [5, 5.41) is 12.1. The minimum absolute atomic E-state index is 0.0593. The number of amides is 2. The maximum atomic E-state index is 14.0. The van der Waals surface area contributed by atoms with Gasteiger partial charge in [0.05, 0.1) is 18.2 Å². The summed E-state index contributed by atoms with van der Waals surface area (Å²) < 4.78 is 19.1. The number of likely N-dealkylation sites (tertiary alicyclic amines) is 1. The summed E-state index contributed by atoms with van der Waals surface area (Å²) in [5.74, 6) is -0.845. The quantitative estimate of drug-likeness (QED) is 0.652. The average Bonchev–Trinajstić information content (AvgIpc) is 3.22. The number of nitriles is 1. The first-order valence-corrected chi connectivity index (χ1v) is 10.5. The molecule has 0 saturated carbocycles. The van der Waals surface area contributed by atoms with Crippen molar-refractivity contribution in [1.82, 2.24) is 10.2 Å². The van der Waals surface area contributed by atoms with Crippen LogP contribution in [0.1, 0.15) is 42.1 Å². The number of unbranched alkanes of at least 4 members (excludes halogenated alkanes) is 1. The summed E-state index contributed by atoms with van der Waals surface area (Å²) in [6.07, 6.45) is 1.92. The number of carbonyl (C=O) groups excluding carboxylic acids is 2. The van der Waals surface area contributed by atoms with E-state index in [-0.39, 0.29) is 17.5 Å². The fourth-order valence-corrected chi connectivity index (χ4v) is 3.64. The molecule has 0 aromatic heterocycles. The second-order valence-electron chi connectivity index (χ2n) is 7.37. The van der Waals surface area contributed by atoms with Gasteiger partial charge < -0.3 is 15.0 Å². The van der Waals surface area contributed by atoms with Crippen molar-refractivity contribution in [3.8, 4) is 17.2 Å². The van der Waals surface area contributed by atoms with Crippen molar-refractivity contribution in [3.63, 3.8) is 0 Å². The minimum atomic E-state index is -0.646. The number of hydrogen-bond donors (Lipinski definition) is 1. The fraction of sp³-hybridized carbons (Fsp3) is 0.348. The van der Waals surface area contributed by atoms with Gasteiger partial charge in [0.25, 0.3) is 5.91 Å². The summed E-state index contributed by atoms with van der Waals surface area (Å²) >= 11 is 6.28. The predicted molar refractivity (Wildman–Crippen MR) is 115 cm³/mol. The van der Waals surface area contributed by atoms with Crippen LogP contribution in [-0.4, -0.2) is 42.6 Å². The number of halogens is 2. The van der Waals surface area contributed by atoms with Gasteiger partial charge in [-0.25, -0.2) is 9.18 Å². The molecule has 0 spiro atoms. The van der Waals surface area contributed by atoms with E-state index in [1.54, 1.807) is 35.2 Å². The number of hydrogen-bond acceptors (Lipinski definition) is 4. The molecule has 1 aliphatic rings. The van der Waals surface area contributed by atoms with Crippen LogP contribution in [0.2, 0.25) is 5.02 Å². The first-order valence-electron chi connectivity index (χ1n) is 10.1. The molecular weight excluding hydrogens is 421 g/mol. The molecule has 0 radical (unpaired) electrons. The Morgan fingerprint density at radius 3 is 2.84 bits per heavy atom. The van der Waals surface area contributed by atoms with Crippen LogP contribution in [-0.2, 0) is 4.74 Å². The van der Waals surface area contributed by atoms with Crippen LogP contribution in [0.25, 0.3) is 11.1 Å². The molecule has 1 aliphatic heterocycles. The maximum absolute atomic E-state index is 14.0. The van der Waals surface area contributed by atoms with Crippen LogP contribution in [0.3, 0.4) is 0 Å². The largest absolute Gasteiger partial charge is 0.450 e. The highest BCUT2D eigenvalue weighted by molar-refractivity contribution is 6.33. The third kappa shape index (κ3) is 5.53. The lowest BCUT2D eigenvalue weighted by Gasteiger charge is -2.18. The molecule has 1 fully saturated rings. The second-order valence-corrected chi connectivity index (χ2v) is 7.78. The molecule has 0 bridgehead atoms. The first kappa shape index (κ1) is 22.6. The van der Waals surface area contributed by atoms with E-state index in [9.17, 15) is 14.0 Å². The summed E-state index contributed by atoms with van der Waals surface area (Å²) in [4.78, 5) is 26.5. The Morgan fingerprint density at radius 1 is 1.32 bits per heavy atom. The van der Waals surface area contributed by atoms with Gasteiger partial charge in [-0.05, 0) is 48.7 Å². The third-order valence-electron chi connectivity index (χ3n) is 5.14. The molecule has 1 saturated heterocycles. The second kappa shape index (κ2) is 10.3. The van der Waals surface area contributed by atoms with Crippen LogP contribution in [0.5, 0.6) is 0 Å². The highest BCUT2D eigenvalue weighted by Gasteiger charge is 2.28. The highest BCUT2D eigenvalue weighted by atomic mass is 35.5. The van der Waals surface area contributed by atoms with Gasteiger partial charge in [-0.1, -0.05) is 31.0 Å².